The molecule has 2 aromatic rings. The van der Waals surface area contributed by atoms with Crippen molar-refractivity contribution in [3.05, 3.63) is 54.1 Å². The van der Waals surface area contributed by atoms with E-state index < -0.39 is 0 Å². The van der Waals surface area contributed by atoms with Crippen molar-refractivity contribution >= 4 is 23.2 Å². The van der Waals surface area contributed by atoms with E-state index in [1.54, 1.807) is 43.5 Å². The van der Waals surface area contributed by atoms with Crippen molar-refractivity contribution in [3.8, 4) is 5.75 Å². The first-order valence-electron chi connectivity index (χ1n) is 12.4. The summed E-state index contributed by atoms with van der Waals surface area (Å²) in [6, 6.07) is 14.2. The molecule has 1 heterocycles. The predicted molar refractivity (Wildman–Crippen MR) is 135 cm³/mol. The van der Waals surface area contributed by atoms with Crippen LogP contribution >= 0.6 is 0 Å². The van der Waals surface area contributed by atoms with Gasteiger partial charge < -0.3 is 20.3 Å². The van der Waals surface area contributed by atoms with Crippen LogP contribution in [0.25, 0.3) is 0 Å². The van der Waals surface area contributed by atoms with Gasteiger partial charge in [0, 0.05) is 44.0 Å². The molecule has 1 saturated carbocycles. The van der Waals surface area contributed by atoms with Crippen molar-refractivity contribution in [1.82, 2.24) is 9.80 Å². The fraction of sp³-hybridized carbons (Fsp3) is 0.481. The van der Waals surface area contributed by atoms with E-state index in [0.717, 1.165) is 32.1 Å². The number of nitrogens with one attached hydrogen (secondary N) is 2. The van der Waals surface area contributed by atoms with E-state index in [0.29, 0.717) is 29.2 Å². The molecule has 2 N–H and O–H groups in total. The molecule has 0 radical (unpaired) electrons. The quantitative estimate of drug-likeness (QED) is 0.616. The molecule has 34 heavy (non-hydrogen) atoms. The normalized spacial score (nSPS) is 17.8. The molecule has 2 aromatic carbocycles. The lowest BCUT2D eigenvalue weighted by molar-refractivity contribution is -0.117. The average Bonchev–Trinajstić information content (AvgIpc) is 2.86. The molecule has 0 bridgehead atoms. The lowest BCUT2D eigenvalue weighted by atomic mass is 9.89. The third-order valence-corrected chi connectivity index (χ3v) is 6.86. The zero-order valence-corrected chi connectivity index (χ0v) is 20.1. The summed E-state index contributed by atoms with van der Waals surface area (Å²) in [6.45, 7) is 5.56. The number of ether oxygens (including phenoxy) is 1. The number of nitrogens with zero attached hydrogens (tertiary/aromatic N) is 2. The number of carbonyl (C=O) groups excluding carboxylic acids is 2. The number of carbonyl (C=O) groups is 2. The molecule has 1 aliphatic heterocycles. The van der Waals surface area contributed by atoms with Gasteiger partial charge in [0.05, 0.1) is 19.3 Å². The summed E-state index contributed by atoms with van der Waals surface area (Å²) < 4.78 is 5.28. The number of rotatable bonds is 8. The molecular formula is C27H36N4O3. The van der Waals surface area contributed by atoms with E-state index in [1.807, 2.05) is 12.1 Å². The molecular weight excluding hydrogens is 428 g/mol. The minimum atomic E-state index is -0.228. The molecule has 7 heteroatoms. The number of benzene rings is 2. The second-order valence-electron chi connectivity index (χ2n) is 9.36. The van der Waals surface area contributed by atoms with Crippen LogP contribution in [0.3, 0.4) is 0 Å². The van der Waals surface area contributed by atoms with Gasteiger partial charge in [-0.15, -0.1) is 0 Å². The predicted octanol–water partition coefficient (Wildman–Crippen LogP) is 4.08. The van der Waals surface area contributed by atoms with E-state index in [2.05, 4.69) is 20.4 Å². The van der Waals surface area contributed by atoms with Crippen molar-refractivity contribution in [2.45, 2.75) is 32.1 Å². The summed E-state index contributed by atoms with van der Waals surface area (Å²) in [5, 5.41) is 5.81. The van der Waals surface area contributed by atoms with Crippen LogP contribution in [0.5, 0.6) is 5.75 Å². The van der Waals surface area contributed by atoms with Crippen molar-refractivity contribution in [3.63, 3.8) is 0 Å². The number of piperazine rings is 1. The third kappa shape index (κ3) is 6.81. The average molecular weight is 465 g/mol. The molecule has 4 rings (SSSR count). The first-order chi connectivity index (χ1) is 16.6. The molecule has 1 aliphatic carbocycles. The van der Waals surface area contributed by atoms with Gasteiger partial charge in [0.15, 0.2) is 0 Å². The topological polar surface area (TPSA) is 73.9 Å². The van der Waals surface area contributed by atoms with Gasteiger partial charge in [0.1, 0.15) is 5.75 Å². The van der Waals surface area contributed by atoms with E-state index in [4.69, 9.17) is 4.74 Å². The molecule has 2 fully saturated rings. The fourth-order valence-electron chi connectivity index (χ4n) is 4.92. The second-order valence-corrected chi connectivity index (χ2v) is 9.36. The Morgan fingerprint density at radius 2 is 1.56 bits per heavy atom. The molecule has 7 nitrogen and oxygen atoms in total. The Hall–Kier alpha value is -2.90. The Balaban J connectivity index is 1.20. The molecule has 0 unspecified atom stereocenters. The second kappa shape index (κ2) is 12.0. The van der Waals surface area contributed by atoms with Crippen LogP contribution in [0.1, 0.15) is 42.5 Å². The molecule has 0 spiro atoms. The highest BCUT2D eigenvalue weighted by atomic mass is 16.5. The monoisotopic (exact) mass is 464 g/mol. The van der Waals surface area contributed by atoms with Crippen molar-refractivity contribution in [1.29, 1.82) is 0 Å². The van der Waals surface area contributed by atoms with Gasteiger partial charge >= 0.3 is 0 Å². The van der Waals surface area contributed by atoms with Gasteiger partial charge in [-0.2, -0.15) is 0 Å². The summed E-state index contributed by atoms with van der Waals surface area (Å²) in [7, 11) is 1.57. The zero-order valence-electron chi connectivity index (χ0n) is 20.1. The smallest absolute Gasteiger partial charge is 0.255 e. The Morgan fingerprint density at radius 3 is 2.26 bits per heavy atom. The van der Waals surface area contributed by atoms with Crippen LogP contribution in [-0.2, 0) is 4.79 Å². The summed E-state index contributed by atoms with van der Waals surface area (Å²) in [5.74, 6) is 1.22. The molecule has 0 aromatic heterocycles. The Bertz CT molecular complexity index is 949. The van der Waals surface area contributed by atoms with E-state index in [1.165, 1.54) is 38.6 Å². The summed E-state index contributed by atoms with van der Waals surface area (Å²) in [5.41, 5.74) is 1.82. The molecule has 182 valence electrons. The van der Waals surface area contributed by atoms with E-state index in [9.17, 15) is 9.59 Å². The van der Waals surface area contributed by atoms with Gasteiger partial charge in [-0.05, 0) is 55.2 Å². The maximum Gasteiger partial charge on any atom is 0.255 e. The Labute approximate surface area is 202 Å². The lowest BCUT2D eigenvalue weighted by Crippen LogP contribution is -2.49. The number of methoxy groups -OCH3 is 1. The number of anilines is 2. The fourth-order valence-corrected chi connectivity index (χ4v) is 4.92. The van der Waals surface area contributed by atoms with Crippen molar-refractivity contribution < 1.29 is 14.3 Å². The number of hydrogen-bond acceptors (Lipinski definition) is 5. The van der Waals surface area contributed by atoms with Crippen LogP contribution in [-0.4, -0.2) is 68.0 Å². The lowest BCUT2D eigenvalue weighted by Gasteiger charge is -2.37. The summed E-state index contributed by atoms with van der Waals surface area (Å²) in [6.07, 6.45) is 6.93. The SMILES string of the molecule is COc1ccccc1NC(=O)c1ccc(NC(=O)CN2CCN(CC3CCCCC3)CC2)cc1. The summed E-state index contributed by atoms with van der Waals surface area (Å²) >= 11 is 0. The highest BCUT2D eigenvalue weighted by Crippen LogP contribution is 2.25. The van der Waals surface area contributed by atoms with Gasteiger partial charge in [-0.25, -0.2) is 0 Å². The van der Waals surface area contributed by atoms with E-state index >= 15 is 0 Å². The number of para-hydroxylation sites is 2. The van der Waals surface area contributed by atoms with Crippen LogP contribution in [0.4, 0.5) is 11.4 Å². The first kappa shape index (κ1) is 24.2. The minimum absolute atomic E-state index is 0.0213. The standard InChI is InChI=1S/C27H36N4O3/c1-34-25-10-6-5-9-24(25)29-27(33)22-11-13-23(14-12-22)28-26(32)20-31-17-15-30(16-18-31)19-21-7-3-2-4-8-21/h5-6,9-14,21H,2-4,7-8,15-20H2,1H3,(H,28,32)(H,29,33). The van der Waals surface area contributed by atoms with Crippen molar-refractivity contribution in [2.24, 2.45) is 5.92 Å². The summed E-state index contributed by atoms with van der Waals surface area (Å²) in [4.78, 5) is 29.9. The molecule has 2 aliphatic rings. The maximum atomic E-state index is 12.6. The molecule has 2 amide bonds. The van der Waals surface area contributed by atoms with Crippen LogP contribution in [0.15, 0.2) is 48.5 Å². The van der Waals surface area contributed by atoms with Gasteiger partial charge in [0.2, 0.25) is 5.91 Å². The molecule has 1 saturated heterocycles. The Morgan fingerprint density at radius 1 is 0.882 bits per heavy atom. The third-order valence-electron chi connectivity index (χ3n) is 6.86. The van der Waals surface area contributed by atoms with Crippen LogP contribution < -0.4 is 15.4 Å². The zero-order chi connectivity index (χ0) is 23.8. The highest BCUT2D eigenvalue weighted by molar-refractivity contribution is 6.05. The van der Waals surface area contributed by atoms with Gasteiger partial charge in [-0.1, -0.05) is 31.4 Å². The first-order valence-corrected chi connectivity index (χ1v) is 12.4. The molecule has 0 atom stereocenters. The van der Waals surface area contributed by atoms with Crippen LogP contribution in [0, 0.1) is 5.92 Å². The largest absolute Gasteiger partial charge is 0.495 e. The van der Waals surface area contributed by atoms with Gasteiger partial charge in [0.25, 0.3) is 5.91 Å². The number of amides is 2. The number of hydrogen-bond donors (Lipinski definition) is 2. The van der Waals surface area contributed by atoms with Crippen LogP contribution in [0.2, 0.25) is 0 Å². The maximum absolute atomic E-state index is 12.6. The highest BCUT2D eigenvalue weighted by Gasteiger charge is 2.22. The van der Waals surface area contributed by atoms with Gasteiger partial charge in [-0.3, -0.25) is 14.5 Å². The van der Waals surface area contributed by atoms with Crippen molar-refractivity contribution in [2.75, 3.05) is 57.0 Å². The van der Waals surface area contributed by atoms with E-state index in [-0.39, 0.29) is 11.8 Å². The minimum Gasteiger partial charge on any atom is -0.495 e. The Kier molecular flexibility index (Phi) is 8.55.